The van der Waals surface area contributed by atoms with Crippen molar-refractivity contribution in [3.8, 4) is 0 Å². The van der Waals surface area contributed by atoms with Gasteiger partial charge in [0.2, 0.25) is 11.8 Å². The molecule has 2 heterocycles. The van der Waals surface area contributed by atoms with Crippen LogP contribution in [0.25, 0.3) is 6.08 Å². The molecule has 6 nitrogen and oxygen atoms in total. The van der Waals surface area contributed by atoms with Gasteiger partial charge in [0.05, 0.1) is 10.0 Å². The number of piperazine rings is 1. The van der Waals surface area contributed by atoms with Crippen LogP contribution >= 0.6 is 23.2 Å². The lowest BCUT2D eigenvalue weighted by molar-refractivity contribution is -0.130. The SMILES string of the molecule is CC(C)N1CCN(CCCCN2CCN(C(=O)/C=C/c3ccc(Cl)c(Cl)c3)CCC2=O)CC1C. The van der Waals surface area contributed by atoms with E-state index < -0.39 is 0 Å². The molecule has 2 aliphatic heterocycles. The number of unbranched alkanes of at least 4 members (excludes halogenated alkanes) is 1. The Balaban J connectivity index is 1.40. The molecule has 0 aromatic heterocycles. The Labute approximate surface area is 214 Å². The first-order chi connectivity index (χ1) is 16.2. The zero-order chi connectivity index (χ0) is 24.7. The highest BCUT2D eigenvalue weighted by Crippen LogP contribution is 2.23. The van der Waals surface area contributed by atoms with Crippen molar-refractivity contribution in [2.75, 3.05) is 52.4 Å². The molecule has 1 aromatic carbocycles. The smallest absolute Gasteiger partial charge is 0.246 e. The standard InChI is InChI=1S/C26H38Cl2N4O2/c1-20(2)32-17-14-29(19-21(32)3)11-4-5-12-30-15-16-31(13-10-26(30)34)25(33)9-7-22-6-8-23(27)24(28)18-22/h6-9,18,20-21H,4-5,10-17,19H2,1-3H3/b9-7+. The minimum Gasteiger partial charge on any atom is -0.341 e. The minimum absolute atomic E-state index is 0.0876. The van der Waals surface area contributed by atoms with Crippen molar-refractivity contribution >= 4 is 41.1 Å². The lowest BCUT2D eigenvalue weighted by atomic mass is 10.1. The molecule has 2 amide bonds. The van der Waals surface area contributed by atoms with E-state index in [9.17, 15) is 9.59 Å². The van der Waals surface area contributed by atoms with Crippen molar-refractivity contribution in [3.63, 3.8) is 0 Å². The maximum Gasteiger partial charge on any atom is 0.246 e. The second-order valence-electron chi connectivity index (χ2n) is 9.65. The number of benzene rings is 1. The third-order valence-corrected chi connectivity index (χ3v) is 7.58. The molecule has 0 spiro atoms. The van der Waals surface area contributed by atoms with Crippen LogP contribution in [-0.2, 0) is 9.59 Å². The first kappa shape index (κ1) is 27.0. The van der Waals surface area contributed by atoms with Crippen LogP contribution in [0.15, 0.2) is 24.3 Å². The van der Waals surface area contributed by atoms with Crippen molar-refractivity contribution in [1.29, 1.82) is 0 Å². The van der Waals surface area contributed by atoms with E-state index in [1.807, 2.05) is 11.0 Å². The highest BCUT2D eigenvalue weighted by molar-refractivity contribution is 6.42. The first-order valence-corrected chi connectivity index (χ1v) is 13.2. The maximum absolute atomic E-state index is 12.7. The summed E-state index contributed by atoms with van der Waals surface area (Å²) in [7, 11) is 0. The zero-order valence-corrected chi connectivity index (χ0v) is 22.2. The van der Waals surface area contributed by atoms with Crippen LogP contribution in [0.3, 0.4) is 0 Å². The van der Waals surface area contributed by atoms with Gasteiger partial charge in [0.25, 0.3) is 0 Å². The van der Waals surface area contributed by atoms with Gasteiger partial charge >= 0.3 is 0 Å². The van der Waals surface area contributed by atoms with Crippen molar-refractivity contribution < 1.29 is 9.59 Å². The van der Waals surface area contributed by atoms with Crippen LogP contribution < -0.4 is 0 Å². The van der Waals surface area contributed by atoms with Crippen molar-refractivity contribution in [2.45, 2.75) is 52.1 Å². The van der Waals surface area contributed by atoms with Gasteiger partial charge in [0.15, 0.2) is 0 Å². The van der Waals surface area contributed by atoms with Crippen LogP contribution in [0.5, 0.6) is 0 Å². The van der Waals surface area contributed by atoms with Gasteiger partial charge in [-0.3, -0.25) is 14.5 Å². The van der Waals surface area contributed by atoms with Gasteiger partial charge in [-0.1, -0.05) is 29.3 Å². The normalized spacial score (nSPS) is 21.0. The molecule has 2 saturated heterocycles. The summed E-state index contributed by atoms with van der Waals surface area (Å²) in [5, 5.41) is 0.944. The fraction of sp³-hybridized carbons (Fsp3) is 0.615. The van der Waals surface area contributed by atoms with E-state index in [1.54, 1.807) is 29.2 Å². The number of nitrogens with zero attached hydrogens (tertiary/aromatic N) is 4. The molecule has 2 aliphatic rings. The van der Waals surface area contributed by atoms with Crippen LogP contribution in [0.4, 0.5) is 0 Å². The van der Waals surface area contributed by atoms with E-state index in [1.165, 1.54) is 0 Å². The largest absolute Gasteiger partial charge is 0.341 e. The van der Waals surface area contributed by atoms with Gasteiger partial charge in [-0.25, -0.2) is 0 Å². The predicted molar refractivity (Wildman–Crippen MR) is 140 cm³/mol. The first-order valence-electron chi connectivity index (χ1n) is 12.4. The third-order valence-electron chi connectivity index (χ3n) is 6.84. The lowest BCUT2D eigenvalue weighted by Crippen LogP contribution is -2.54. The monoisotopic (exact) mass is 508 g/mol. The van der Waals surface area contributed by atoms with Crippen molar-refractivity contribution in [3.05, 3.63) is 39.9 Å². The molecule has 188 valence electrons. The van der Waals surface area contributed by atoms with E-state index in [4.69, 9.17) is 23.2 Å². The summed E-state index contributed by atoms with van der Waals surface area (Å²) < 4.78 is 0. The number of carbonyl (C=O) groups excluding carboxylic acids is 2. The molecular weight excluding hydrogens is 471 g/mol. The molecule has 0 aliphatic carbocycles. The topological polar surface area (TPSA) is 47.1 Å². The number of halogens is 2. The van der Waals surface area contributed by atoms with E-state index in [0.717, 1.165) is 51.1 Å². The fourth-order valence-electron chi connectivity index (χ4n) is 4.87. The molecule has 0 bridgehead atoms. The molecule has 0 N–H and O–H groups in total. The van der Waals surface area contributed by atoms with Gasteiger partial charge in [-0.2, -0.15) is 0 Å². The molecule has 1 atom stereocenters. The summed E-state index contributed by atoms with van der Waals surface area (Å²) in [6, 6.07) is 6.45. The summed E-state index contributed by atoms with van der Waals surface area (Å²) in [6.07, 6.45) is 5.74. The quantitative estimate of drug-likeness (QED) is 0.388. The van der Waals surface area contributed by atoms with Crippen LogP contribution in [0, 0.1) is 0 Å². The Kier molecular flexibility index (Phi) is 10.3. The lowest BCUT2D eigenvalue weighted by Gasteiger charge is -2.42. The molecule has 34 heavy (non-hydrogen) atoms. The summed E-state index contributed by atoms with van der Waals surface area (Å²) in [4.78, 5) is 34.1. The number of hydrogen-bond acceptors (Lipinski definition) is 4. The Hall–Kier alpha value is -1.60. The average molecular weight is 510 g/mol. The zero-order valence-electron chi connectivity index (χ0n) is 20.7. The minimum atomic E-state index is -0.0876. The van der Waals surface area contributed by atoms with Gasteiger partial charge in [-0.05, 0) is 63.9 Å². The van der Waals surface area contributed by atoms with Crippen LogP contribution in [0.2, 0.25) is 10.0 Å². The number of rotatable bonds is 8. The summed E-state index contributed by atoms with van der Waals surface area (Å²) in [5.74, 6) is 0.0540. The number of hydrogen-bond donors (Lipinski definition) is 0. The van der Waals surface area contributed by atoms with E-state index in [0.29, 0.717) is 48.2 Å². The molecule has 3 rings (SSSR count). The average Bonchev–Trinajstić information content (AvgIpc) is 2.98. The summed E-state index contributed by atoms with van der Waals surface area (Å²) >= 11 is 12.0. The van der Waals surface area contributed by atoms with E-state index >= 15 is 0 Å². The number of carbonyl (C=O) groups is 2. The van der Waals surface area contributed by atoms with Crippen LogP contribution in [0.1, 0.15) is 45.6 Å². The molecule has 2 fully saturated rings. The second kappa shape index (κ2) is 12.9. The predicted octanol–water partition coefficient (Wildman–Crippen LogP) is 4.26. The summed E-state index contributed by atoms with van der Waals surface area (Å²) in [6.45, 7) is 13.7. The maximum atomic E-state index is 12.7. The highest BCUT2D eigenvalue weighted by atomic mass is 35.5. The second-order valence-corrected chi connectivity index (χ2v) is 10.5. The van der Waals surface area contributed by atoms with Gasteiger partial charge in [-0.15, -0.1) is 0 Å². The van der Waals surface area contributed by atoms with Crippen molar-refractivity contribution in [1.82, 2.24) is 19.6 Å². The van der Waals surface area contributed by atoms with E-state index in [-0.39, 0.29) is 11.8 Å². The molecule has 0 saturated carbocycles. The molecule has 0 radical (unpaired) electrons. The Morgan fingerprint density at radius 2 is 1.82 bits per heavy atom. The fourth-order valence-corrected chi connectivity index (χ4v) is 5.17. The Morgan fingerprint density at radius 3 is 2.53 bits per heavy atom. The van der Waals surface area contributed by atoms with E-state index in [2.05, 4.69) is 30.6 Å². The highest BCUT2D eigenvalue weighted by Gasteiger charge is 2.25. The van der Waals surface area contributed by atoms with Crippen LogP contribution in [-0.4, -0.2) is 95.9 Å². The molecule has 1 unspecified atom stereocenters. The Bertz CT molecular complexity index is 876. The number of amides is 2. The molecule has 1 aromatic rings. The molecular formula is C26H38Cl2N4O2. The van der Waals surface area contributed by atoms with Gasteiger partial charge in [0, 0.05) is 70.4 Å². The summed E-state index contributed by atoms with van der Waals surface area (Å²) in [5.41, 5.74) is 0.815. The molecule has 8 heteroatoms. The van der Waals surface area contributed by atoms with Gasteiger partial charge in [0.1, 0.15) is 0 Å². The third kappa shape index (κ3) is 7.70. The van der Waals surface area contributed by atoms with Gasteiger partial charge < -0.3 is 14.7 Å². The van der Waals surface area contributed by atoms with Crippen molar-refractivity contribution in [2.24, 2.45) is 0 Å². The Morgan fingerprint density at radius 1 is 1.06 bits per heavy atom.